The smallest absolute Gasteiger partial charge is 0.187 e. The maximum Gasteiger partial charge on any atom is 0.187 e. The fourth-order valence-electron chi connectivity index (χ4n) is 14.6. The van der Waals surface area contributed by atoms with Crippen molar-refractivity contribution < 1.29 is 94.8 Å². The van der Waals surface area contributed by atoms with Gasteiger partial charge in [-0.1, -0.05) is 52.3 Å². The van der Waals surface area contributed by atoms with Crippen molar-refractivity contribution in [2.75, 3.05) is 33.0 Å². The van der Waals surface area contributed by atoms with E-state index in [4.69, 9.17) is 28.4 Å². The number of ether oxygens (including phenoxy) is 6. The van der Waals surface area contributed by atoms with E-state index < -0.39 is 139 Å². The van der Waals surface area contributed by atoms with E-state index in [0.29, 0.717) is 44.9 Å². The second kappa shape index (κ2) is 18.6. The number of fused-ring (bicyclic) bond motifs is 6. The summed E-state index contributed by atoms with van der Waals surface area (Å²) in [5, 5.41) is 141. The van der Waals surface area contributed by atoms with Crippen LogP contribution < -0.4 is 0 Å². The largest absolute Gasteiger partial charge is 0.396 e. The van der Waals surface area contributed by atoms with Gasteiger partial charge in [-0.3, -0.25) is 0 Å². The van der Waals surface area contributed by atoms with Gasteiger partial charge in [0.25, 0.3) is 0 Å². The van der Waals surface area contributed by atoms with Crippen LogP contribution in [0.4, 0.5) is 0 Å². The van der Waals surface area contributed by atoms with Crippen LogP contribution in [0.3, 0.4) is 0 Å². The third-order valence-corrected chi connectivity index (χ3v) is 19.2. The van der Waals surface area contributed by atoms with Crippen molar-refractivity contribution in [1.82, 2.24) is 0 Å². The number of aliphatic hydroxyl groups is 13. The average molecular weight is 959 g/mol. The van der Waals surface area contributed by atoms with Gasteiger partial charge < -0.3 is 94.8 Å². The van der Waals surface area contributed by atoms with E-state index in [2.05, 4.69) is 39.8 Å². The Morgan fingerprint density at radius 2 is 1.21 bits per heavy atom. The van der Waals surface area contributed by atoms with E-state index in [1.807, 2.05) is 6.92 Å². The molecule has 5 aliphatic carbocycles. The van der Waals surface area contributed by atoms with Crippen LogP contribution in [-0.2, 0) is 28.4 Å². The quantitative estimate of drug-likeness (QED) is 0.105. The average Bonchev–Trinajstić information content (AvgIpc) is 3.30. The predicted molar refractivity (Wildman–Crippen MR) is 233 cm³/mol. The first-order valence-electron chi connectivity index (χ1n) is 24.3. The lowest BCUT2D eigenvalue weighted by atomic mass is 9.35. The number of hydrogen-bond donors (Lipinski definition) is 13. The van der Waals surface area contributed by atoms with Crippen LogP contribution in [0.15, 0.2) is 23.3 Å². The molecule has 6 fully saturated rings. The topological polar surface area (TPSA) is 318 Å². The van der Waals surface area contributed by atoms with E-state index >= 15 is 0 Å². The Bertz CT molecular complexity index is 1830. The molecule has 67 heavy (non-hydrogen) atoms. The van der Waals surface area contributed by atoms with Crippen LogP contribution >= 0.6 is 0 Å². The fraction of sp³-hybridized carbons (Fsp3) is 0.917. The summed E-state index contributed by atoms with van der Waals surface area (Å²) in [5.74, 6) is -0.152. The molecule has 3 aliphatic heterocycles. The summed E-state index contributed by atoms with van der Waals surface area (Å²) in [4.78, 5) is 0. The van der Waals surface area contributed by atoms with Gasteiger partial charge in [-0.05, 0) is 91.9 Å². The standard InChI is InChI=1S/C48H78O19/c1-22-31(55)38(66-40-36(60)34(58)32(56)25(17-49)63-40)39(67-41-37(61)35(59)33(57)26(18-50)64-41)42(62-22)65-30-10-11-44(3)27(45(30,4)20-52)9-12-46(5)28(44)8-7-23-24-15-43(2,19-51)13-14-48(24,21-53)29(54)16-47(23,46)6/h7-8,22,25-42,49-61H,9-21H2,1-6H3/t22-,25-,26-,27?,28?,29+,30+,31+,32-,33-,34+,35?,36-,37-,38+,39-,40+,41+,42+,43+,44+,45+,46-,47-,48-/m1/s1. The van der Waals surface area contributed by atoms with Gasteiger partial charge in [-0.2, -0.15) is 0 Å². The SMILES string of the molecule is C[C@H]1O[C@@H](O[C@H]2CC[C@@]3(C)C(CC[C@]4(C)C3C=CC3=C5C[C@@](C)(CO)CC[C@]5(CO)[C@@H](O)C[C@]34C)[C@]2(C)CO)[C@H](O[C@@H]2O[C@H](CO)[C@@H](O)C(O)[C@H]2O)[C@@H](O[C@@H]2O[C@H](CO)[C@@H](O)[C@H](O)[C@H]2O)[C@H]1O. The molecule has 0 bridgehead atoms. The molecule has 384 valence electrons. The van der Waals surface area contributed by atoms with Gasteiger partial charge in [0.1, 0.15) is 67.1 Å². The molecule has 19 nitrogen and oxygen atoms in total. The summed E-state index contributed by atoms with van der Waals surface area (Å²) in [7, 11) is 0. The summed E-state index contributed by atoms with van der Waals surface area (Å²) in [6, 6.07) is 0. The maximum atomic E-state index is 12.1. The normalized spacial score (nSPS) is 55.6. The minimum absolute atomic E-state index is 0.00236. The van der Waals surface area contributed by atoms with E-state index in [9.17, 15) is 66.4 Å². The molecule has 0 aromatic heterocycles. The molecule has 0 spiro atoms. The zero-order valence-electron chi connectivity index (χ0n) is 39.6. The van der Waals surface area contributed by atoms with E-state index in [0.717, 1.165) is 17.6 Å². The first kappa shape index (κ1) is 52.1. The molecule has 3 saturated carbocycles. The summed E-state index contributed by atoms with van der Waals surface area (Å²) in [6.45, 7) is 10.4. The highest BCUT2D eigenvalue weighted by molar-refractivity contribution is 5.47. The second-order valence-corrected chi connectivity index (χ2v) is 22.9. The van der Waals surface area contributed by atoms with Crippen molar-refractivity contribution in [2.24, 2.45) is 44.3 Å². The molecule has 0 aromatic carbocycles. The molecule has 8 aliphatic rings. The van der Waals surface area contributed by atoms with Crippen LogP contribution in [-0.4, -0.2) is 204 Å². The van der Waals surface area contributed by atoms with Gasteiger partial charge >= 0.3 is 0 Å². The highest BCUT2D eigenvalue weighted by Crippen LogP contribution is 2.74. The molecule has 0 radical (unpaired) electrons. The van der Waals surface area contributed by atoms with Gasteiger partial charge in [0.05, 0.1) is 44.7 Å². The van der Waals surface area contributed by atoms with Crippen molar-refractivity contribution in [1.29, 1.82) is 0 Å². The lowest BCUT2D eigenvalue weighted by Gasteiger charge is -2.70. The summed E-state index contributed by atoms with van der Waals surface area (Å²) >= 11 is 0. The summed E-state index contributed by atoms with van der Waals surface area (Å²) < 4.78 is 37.1. The van der Waals surface area contributed by atoms with Gasteiger partial charge in [-0.15, -0.1) is 0 Å². The Morgan fingerprint density at radius 3 is 1.76 bits per heavy atom. The van der Waals surface area contributed by atoms with Gasteiger partial charge in [-0.25, -0.2) is 0 Å². The maximum absolute atomic E-state index is 12.1. The second-order valence-electron chi connectivity index (χ2n) is 22.9. The molecule has 0 aromatic rings. The van der Waals surface area contributed by atoms with Gasteiger partial charge in [0, 0.05) is 22.9 Å². The molecular formula is C48H78O19. The summed E-state index contributed by atoms with van der Waals surface area (Å²) in [6.07, 6.45) is -16.8. The monoisotopic (exact) mass is 959 g/mol. The molecule has 8 rings (SSSR count). The fourth-order valence-corrected chi connectivity index (χ4v) is 14.6. The van der Waals surface area contributed by atoms with Gasteiger partial charge in [0.2, 0.25) is 0 Å². The Kier molecular flexibility index (Phi) is 14.5. The molecular weight excluding hydrogens is 881 g/mol. The van der Waals surface area contributed by atoms with Crippen molar-refractivity contribution in [3.8, 4) is 0 Å². The van der Waals surface area contributed by atoms with Crippen molar-refractivity contribution >= 4 is 0 Å². The lowest BCUT2D eigenvalue weighted by molar-refractivity contribution is -0.398. The Hall–Kier alpha value is -1.28. The molecule has 0 amide bonds. The van der Waals surface area contributed by atoms with Crippen LogP contribution in [0.1, 0.15) is 92.9 Å². The van der Waals surface area contributed by atoms with Crippen LogP contribution in [0.2, 0.25) is 0 Å². The van der Waals surface area contributed by atoms with E-state index in [1.54, 1.807) is 0 Å². The van der Waals surface area contributed by atoms with E-state index in [-0.39, 0.29) is 42.5 Å². The third kappa shape index (κ3) is 7.97. The molecule has 3 heterocycles. The van der Waals surface area contributed by atoms with Crippen molar-refractivity contribution in [3.63, 3.8) is 0 Å². The molecule has 13 N–H and O–H groups in total. The van der Waals surface area contributed by atoms with Crippen LogP contribution in [0.25, 0.3) is 0 Å². The van der Waals surface area contributed by atoms with Crippen LogP contribution in [0.5, 0.6) is 0 Å². The minimum Gasteiger partial charge on any atom is -0.396 e. The molecule has 19 heteroatoms. The van der Waals surface area contributed by atoms with Gasteiger partial charge in [0.15, 0.2) is 18.9 Å². The Labute approximate surface area is 391 Å². The molecule has 3 unspecified atom stereocenters. The number of rotatable bonds is 11. The van der Waals surface area contributed by atoms with E-state index in [1.165, 1.54) is 6.92 Å². The third-order valence-electron chi connectivity index (χ3n) is 19.2. The Balaban J connectivity index is 1.12. The highest BCUT2D eigenvalue weighted by Gasteiger charge is 2.69. The molecule has 3 saturated heterocycles. The highest BCUT2D eigenvalue weighted by atomic mass is 16.8. The minimum atomic E-state index is -1.90. The summed E-state index contributed by atoms with van der Waals surface area (Å²) in [5.41, 5.74) is -1.14. The van der Waals surface area contributed by atoms with Crippen molar-refractivity contribution in [2.45, 2.75) is 197 Å². The number of aliphatic hydroxyl groups excluding tert-OH is 13. The molecule has 25 atom stereocenters. The first-order valence-corrected chi connectivity index (χ1v) is 24.3. The number of hydrogen-bond acceptors (Lipinski definition) is 19. The zero-order chi connectivity index (χ0) is 49.0. The van der Waals surface area contributed by atoms with Crippen LogP contribution in [0, 0.1) is 44.3 Å². The van der Waals surface area contributed by atoms with Crippen molar-refractivity contribution in [3.05, 3.63) is 23.3 Å². The first-order chi connectivity index (χ1) is 31.5. The predicted octanol–water partition coefficient (Wildman–Crippen LogP) is -1.52. The Morgan fingerprint density at radius 1 is 0.612 bits per heavy atom. The zero-order valence-corrected chi connectivity index (χ0v) is 39.6. The lowest BCUT2D eigenvalue weighted by Crippen LogP contribution is -2.68. The number of allylic oxidation sites excluding steroid dienone is 3.